The summed E-state index contributed by atoms with van der Waals surface area (Å²) in [6.07, 6.45) is 4.41. The van der Waals surface area contributed by atoms with Gasteiger partial charge in [-0.15, -0.1) is 0 Å². The van der Waals surface area contributed by atoms with Crippen LogP contribution in [0.4, 0.5) is 10.5 Å². The monoisotopic (exact) mass is 543 g/mol. The van der Waals surface area contributed by atoms with Crippen LogP contribution in [0.1, 0.15) is 53.5 Å². The van der Waals surface area contributed by atoms with Gasteiger partial charge in [0, 0.05) is 55.8 Å². The van der Waals surface area contributed by atoms with Crippen LogP contribution < -0.4 is 4.90 Å². The fourth-order valence-electron chi connectivity index (χ4n) is 6.71. The number of benzene rings is 2. The summed E-state index contributed by atoms with van der Waals surface area (Å²) in [4.78, 5) is 42.6. The number of para-hydroxylation sites is 1. The number of carbonyl (C=O) groups excluding carboxylic acids is 2. The zero-order valence-corrected chi connectivity index (χ0v) is 23.6. The number of carbonyl (C=O) groups is 3. The van der Waals surface area contributed by atoms with Crippen molar-refractivity contribution in [1.82, 2.24) is 9.80 Å². The van der Waals surface area contributed by atoms with E-state index in [4.69, 9.17) is 4.74 Å². The predicted octanol–water partition coefficient (Wildman–Crippen LogP) is 5.18. The second kappa shape index (κ2) is 10.5. The van der Waals surface area contributed by atoms with Crippen molar-refractivity contribution in [3.63, 3.8) is 0 Å². The number of fused-ring (bicyclic) bond motifs is 1. The van der Waals surface area contributed by atoms with Crippen molar-refractivity contribution in [1.29, 1.82) is 0 Å². The van der Waals surface area contributed by atoms with Gasteiger partial charge in [-0.3, -0.25) is 4.79 Å². The van der Waals surface area contributed by atoms with E-state index >= 15 is 0 Å². The van der Waals surface area contributed by atoms with Gasteiger partial charge in [0.25, 0.3) is 5.91 Å². The maximum absolute atomic E-state index is 13.9. The number of allylic oxidation sites excluding steroid dienone is 2. The van der Waals surface area contributed by atoms with Gasteiger partial charge >= 0.3 is 12.1 Å². The molecule has 40 heavy (non-hydrogen) atoms. The molecule has 8 nitrogen and oxygen atoms in total. The van der Waals surface area contributed by atoms with Crippen molar-refractivity contribution in [3.05, 3.63) is 82.9 Å². The first-order valence-electron chi connectivity index (χ1n) is 13.8. The van der Waals surface area contributed by atoms with Crippen molar-refractivity contribution in [2.45, 2.75) is 27.2 Å². The van der Waals surface area contributed by atoms with Crippen LogP contribution in [0.2, 0.25) is 0 Å². The summed E-state index contributed by atoms with van der Waals surface area (Å²) in [5.41, 5.74) is 5.24. The van der Waals surface area contributed by atoms with Gasteiger partial charge in [0.2, 0.25) is 0 Å². The van der Waals surface area contributed by atoms with Gasteiger partial charge in [0.15, 0.2) is 0 Å². The average molecular weight is 544 g/mol. The minimum atomic E-state index is -0.904. The Morgan fingerprint density at radius 3 is 2.20 bits per heavy atom. The molecule has 1 atom stereocenters. The molecule has 8 heteroatoms. The first kappa shape index (κ1) is 27.5. The van der Waals surface area contributed by atoms with E-state index in [1.54, 1.807) is 12.1 Å². The van der Waals surface area contributed by atoms with Gasteiger partial charge in [-0.1, -0.05) is 62.8 Å². The highest BCUT2D eigenvalue weighted by Crippen LogP contribution is 2.55. The molecule has 0 unspecified atom stereocenters. The van der Waals surface area contributed by atoms with Gasteiger partial charge in [0.05, 0.1) is 18.2 Å². The topological polar surface area (TPSA) is 90.4 Å². The number of nitrogens with zero attached hydrogens (tertiary/aromatic N) is 3. The third-order valence-corrected chi connectivity index (χ3v) is 8.74. The van der Waals surface area contributed by atoms with E-state index in [-0.39, 0.29) is 22.7 Å². The molecule has 1 saturated heterocycles. The molecule has 0 spiro atoms. The van der Waals surface area contributed by atoms with E-state index in [9.17, 15) is 19.5 Å². The van der Waals surface area contributed by atoms with Gasteiger partial charge in [-0.25, -0.2) is 9.59 Å². The Morgan fingerprint density at radius 2 is 1.55 bits per heavy atom. The number of esters is 1. The van der Waals surface area contributed by atoms with E-state index < -0.39 is 6.09 Å². The minimum absolute atomic E-state index is 0.00114. The lowest BCUT2D eigenvalue weighted by Crippen LogP contribution is -2.50. The molecule has 0 aromatic heterocycles. The minimum Gasteiger partial charge on any atom is -0.465 e. The third-order valence-electron chi connectivity index (χ3n) is 8.74. The second-order valence-electron chi connectivity index (χ2n) is 11.7. The number of carboxylic acid groups (broad SMARTS) is 1. The molecule has 3 aliphatic rings. The number of methoxy groups -OCH3 is 1. The van der Waals surface area contributed by atoms with Crippen molar-refractivity contribution in [2.75, 3.05) is 51.3 Å². The van der Waals surface area contributed by atoms with Crippen LogP contribution in [0, 0.1) is 10.8 Å². The Labute approximate surface area is 235 Å². The van der Waals surface area contributed by atoms with Gasteiger partial charge in [0.1, 0.15) is 0 Å². The SMILES string of the molecule is COC(=O)c1ccc(C2=CC[C@]3(C)CN(C(=O)c4ccccc4N4CCN(C(=O)O)CC4)CC=C3C2(C)C)cc1. The molecule has 210 valence electrons. The number of piperazine rings is 1. The fraction of sp³-hybridized carbons (Fsp3) is 0.406. The maximum Gasteiger partial charge on any atom is 0.407 e. The molecular weight excluding hydrogens is 506 g/mol. The van der Waals surface area contributed by atoms with Crippen molar-refractivity contribution in [3.8, 4) is 0 Å². The Kier molecular flexibility index (Phi) is 7.21. The number of hydrogen-bond donors (Lipinski definition) is 1. The maximum atomic E-state index is 13.9. The average Bonchev–Trinajstić information content (AvgIpc) is 2.96. The molecule has 2 aromatic rings. The molecule has 2 aromatic carbocycles. The molecule has 0 saturated carbocycles. The number of anilines is 1. The lowest BCUT2D eigenvalue weighted by molar-refractivity contribution is 0.0600. The van der Waals surface area contributed by atoms with Crippen LogP contribution in [0.5, 0.6) is 0 Å². The fourth-order valence-corrected chi connectivity index (χ4v) is 6.71. The summed E-state index contributed by atoms with van der Waals surface area (Å²) >= 11 is 0. The van der Waals surface area contributed by atoms with E-state index in [0.29, 0.717) is 50.4 Å². The van der Waals surface area contributed by atoms with Crippen LogP contribution in [-0.2, 0) is 4.74 Å². The quantitative estimate of drug-likeness (QED) is 0.423. The first-order valence-corrected chi connectivity index (χ1v) is 13.8. The molecule has 5 rings (SSSR count). The van der Waals surface area contributed by atoms with Gasteiger partial charge in [-0.05, 0) is 41.8 Å². The lowest BCUT2D eigenvalue weighted by atomic mass is 9.58. The highest BCUT2D eigenvalue weighted by molar-refractivity contribution is 6.00. The Balaban J connectivity index is 1.36. The summed E-state index contributed by atoms with van der Waals surface area (Å²) in [5.74, 6) is -0.348. The summed E-state index contributed by atoms with van der Waals surface area (Å²) in [5, 5.41) is 9.31. The zero-order chi connectivity index (χ0) is 28.7. The Hall–Kier alpha value is -4.07. The molecule has 2 aliphatic heterocycles. The van der Waals surface area contributed by atoms with Crippen molar-refractivity contribution < 1.29 is 24.2 Å². The van der Waals surface area contributed by atoms with E-state index in [1.165, 1.54) is 23.2 Å². The number of hydrogen-bond acceptors (Lipinski definition) is 5. The van der Waals surface area contributed by atoms with Crippen LogP contribution in [0.25, 0.3) is 5.57 Å². The number of amides is 2. The molecule has 2 heterocycles. The molecule has 0 bridgehead atoms. The summed E-state index contributed by atoms with van der Waals surface area (Å²) < 4.78 is 4.84. The molecule has 1 N–H and O–H groups in total. The molecule has 2 amide bonds. The molecule has 1 fully saturated rings. The van der Waals surface area contributed by atoms with E-state index in [2.05, 4.69) is 37.8 Å². The molecular formula is C32H37N3O5. The standard InChI is InChI=1S/C32H37N3O5/c1-31(2)25(22-9-11-23(12-10-22)29(37)40-4)13-15-32(3)21-35(16-14-27(31)32)28(36)24-7-5-6-8-26(24)33-17-19-34(20-18-33)30(38)39/h5-14H,15-21H2,1-4H3,(H,38,39)/t32-/m1/s1. The largest absolute Gasteiger partial charge is 0.465 e. The number of ether oxygens (including phenoxy) is 1. The lowest BCUT2D eigenvalue weighted by Gasteiger charge is -2.50. The normalized spacial score (nSPS) is 22.1. The Morgan fingerprint density at radius 1 is 0.875 bits per heavy atom. The second-order valence-corrected chi connectivity index (χ2v) is 11.7. The van der Waals surface area contributed by atoms with E-state index in [1.807, 2.05) is 41.3 Å². The van der Waals surface area contributed by atoms with Crippen LogP contribution in [-0.4, -0.2) is 79.3 Å². The highest BCUT2D eigenvalue weighted by atomic mass is 16.5. The first-order chi connectivity index (χ1) is 19.0. The van der Waals surface area contributed by atoms with Crippen LogP contribution in [0.15, 0.2) is 66.3 Å². The summed E-state index contributed by atoms with van der Waals surface area (Å²) in [6.45, 7) is 9.81. The van der Waals surface area contributed by atoms with Crippen molar-refractivity contribution in [2.24, 2.45) is 10.8 Å². The third kappa shape index (κ3) is 4.87. The predicted molar refractivity (Wildman–Crippen MR) is 155 cm³/mol. The summed E-state index contributed by atoms with van der Waals surface area (Å²) in [7, 11) is 1.38. The smallest absolute Gasteiger partial charge is 0.407 e. The highest BCUT2D eigenvalue weighted by Gasteiger charge is 2.46. The van der Waals surface area contributed by atoms with Gasteiger partial charge < -0.3 is 24.5 Å². The molecule has 1 aliphatic carbocycles. The molecule has 0 radical (unpaired) electrons. The van der Waals surface area contributed by atoms with E-state index in [0.717, 1.165) is 17.7 Å². The van der Waals surface area contributed by atoms with Crippen LogP contribution >= 0.6 is 0 Å². The van der Waals surface area contributed by atoms with Crippen LogP contribution in [0.3, 0.4) is 0 Å². The zero-order valence-electron chi connectivity index (χ0n) is 23.6. The van der Waals surface area contributed by atoms with Crippen molar-refractivity contribution >= 4 is 29.2 Å². The Bertz CT molecular complexity index is 1390. The van der Waals surface area contributed by atoms with Gasteiger partial charge in [-0.2, -0.15) is 0 Å². The summed E-state index contributed by atoms with van der Waals surface area (Å²) in [6, 6.07) is 15.2. The number of rotatable bonds is 4.